The molecule has 0 aromatic heterocycles. The Morgan fingerprint density at radius 2 is 1.54 bits per heavy atom. The number of piperidine rings is 2. The summed E-state index contributed by atoms with van der Waals surface area (Å²) in [5.41, 5.74) is 2.57. The second-order valence-corrected chi connectivity index (χ2v) is 8.12. The normalized spacial score (nSPS) is 26.1. The Morgan fingerprint density at radius 3 is 2.15 bits per heavy atom. The highest BCUT2D eigenvalue weighted by Gasteiger charge is 2.37. The van der Waals surface area contributed by atoms with Crippen molar-refractivity contribution in [3.63, 3.8) is 0 Å². The molecule has 3 fully saturated rings. The fraction of sp³-hybridized carbons (Fsp3) is 0.571. The zero-order chi connectivity index (χ0) is 18.1. The molecule has 5 heteroatoms. The monoisotopic (exact) mass is 354 g/mol. The zero-order valence-electron chi connectivity index (χ0n) is 15.1. The van der Waals surface area contributed by atoms with Crippen LogP contribution in [-0.2, 0) is 14.4 Å². The molecule has 2 amide bonds. The number of benzene rings is 1. The Kier molecular flexibility index (Phi) is 4.55. The number of Topliss-reactive ketones (excluding diaryl/α,β-unsaturated/α-hetero) is 1. The van der Waals surface area contributed by atoms with Crippen molar-refractivity contribution in [2.45, 2.75) is 57.3 Å². The Hall–Kier alpha value is -2.17. The second-order valence-electron chi connectivity index (χ2n) is 8.12. The van der Waals surface area contributed by atoms with Crippen LogP contribution in [0.25, 0.3) is 0 Å². The highest BCUT2D eigenvalue weighted by molar-refractivity contribution is 6.00. The first kappa shape index (κ1) is 17.3. The molecule has 1 atom stereocenters. The van der Waals surface area contributed by atoms with Gasteiger partial charge in [0, 0.05) is 38.0 Å². The van der Waals surface area contributed by atoms with E-state index < -0.39 is 0 Å². The fourth-order valence-corrected chi connectivity index (χ4v) is 4.73. The van der Waals surface area contributed by atoms with E-state index in [0.717, 1.165) is 57.2 Å². The van der Waals surface area contributed by atoms with Crippen molar-refractivity contribution in [1.82, 2.24) is 5.32 Å². The molecule has 2 heterocycles. The highest BCUT2D eigenvalue weighted by Crippen LogP contribution is 2.44. The van der Waals surface area contributed by atoms with E-state index >= 15 is 0 Å². The molecule has 138 valence electrons. The maximum Gasteiger partial charge on any atom is 0.234 e. The maximum atomic E-state index is 12.0. The molecule has 1 N–H and O–H groups in total. The van der Waals surface area contributed by atoms with E-state index in [1.807, 2.05) is 12.1 Å². The molecule has 3 aliphatic rings. The van der Waals surface area contributed by atoms with Gasteiger partial charge in [0.25, 0.3) is 0 Å². The summed E-state index contributed by atoms with van der Waals surface area (Å²) in [4.78, 5) is 37.3. The van der Waals surface area contributed by atoms with Crippen LogP contribution >= 0.6 is 0 Å². The average molecular weight is 354 g/mol. The minimum absolute atomic E-state index is 0.172. The number of rotatable bonds is 2. The van der Waals surface area contributed by atoms with Gasteiger partial charge in [-0.05, 0) is 55.2 Å². The number of hydrogen-bond donors (Lipinski definition) is 1. The van der Waals surface area contributed by atoms with Gasteiger partial charge in [-0.25, -0.2) is 0 Å². The van der Waals surface area contributed by atoms with Crippen molar-refractivity contribution in [3.05, 3.63) is 29.8 Å². The van der Waals surface area contributed by atoms with Crippen LogP contribution in [0.2, 0.25) is 0 Å². The van der Waals surface area contributed by atoms with E-state index in [1.165, 1.54) is 5.69 Å². The molecule has 5 nitrogen and oxygen atoms in total. The number of nitrogens with one attached hydrogen (secondary N) is 1. The third-order valence-corrected chi connectivity index (χ3v) is 6.59. The molecule has 0 radical (unpaired) electrons. The van der Waals surface area contributed by atoms with Gasteiger partial charge in [-0.15, -0.1) is 0 Å². The SMILES string of the molecule is O=C1CCC2(CC1)CCN(c1ccc(C3CCC(=O)NC3=O)cc1)CC2. The summed E-state index contributed by atoms with van der Waals surface area (Å²) in [5, 5.41) is 2.43. The van der Waals surface area contributed by atoms with E-state index in [1.54, 1.807) is 0 Å². The van der Waals surface area contributed by atoms with Crippen LogP contribution in [0.3, 0.4) is 0 Å². The van der Waals surface area contributed by atoms with Gasteiger partial charge in [0.1, 0.15) is 5.78 Å². The Balaban J connectivity index is 1.38. The number of anilines is 1. The summed E-state index contributed by atoms with van der Waals surface area (Å²) in [6, 6.07) is 8.25. The van der Waals surface area contributed by atoms with E-state index in [2.05, 4.69) is 22.3 Å². The molecule has 1 saturated carbocycles. The topological polar surface area (TPSA) is 66.5 Å². The predicted octanol–water partition coefficient (Wildman–Crippen LogP) is 2.94. The summed E-state index contributed by atoms with van der Waals surface area (Å²) >= 11 is 0. The molecule has 1 aromatic carbocycles. The molecule has 2 aliphatic heterocycles. The first-order chi connectivity index (χ1) is 12.5. The van der Waals surface area contributed by atoms with Crippen LogP contribution in [0, 0.1) is 5.41 Å². The number of amides is 2. The van der Waals surface area contributed by atoms with Crippen LogP contribution in [0.15, 0.2) is 24.3 Å². The minimum Gasteiger partial charge on any atom is -0.371 e. The molecule has 2 saturated heterocycles. The van der Waals surface area contributed by atoms with Crippen LogP contribution < -0.4 is 10.2 Å². The first-order valence-corrected chi connectivity index (χ1v) is 9.75. The van der Waals surface area contributed by atoms with Gasteiger partial charge in [0.05, 0.1) is 5.92 Å². The lowest BCUT2D eigenvalue weighted by Gasteiger charge is -2.44. The minimum atomic E-state index is -0.217. The molecule has 1 spiro atoms. The van der Waals surface area contributed by atoms with Crippen molar-refractivity contribution in [2.24, 2.45) is 5.41 Å². The van der Waals surface area contributed by atoms with Crippen molar-refractivity contribution >= 4 is 23.3 Å². The standard InChI is InChI=1S/C21H26N2O3/c24-17-7-9-21(10-8-17)11-13-23(14-12-21)16-3-1-15(2-4-16)18-5-6-19(25)22-20(18)26/h1-4,18H,5-14H2,(H,22,25,26). The largest absolute Gasteiger partial charge is 0.371 e. The maximum absolute atomic E-state index is 12.0. The molecular weight excluding hydrogens is 328 g/mol. The third-order valence-electron chi connectivity index (χ3n) is 6.59. The van der Waals surface area contributed by atoms with Crippen LogP contribution in [0.5, 0.6) is 0 Å². The third kappa shape index (κ3) is 3.39. The van der Waals surface area contributed by atoms with Gasteiger partial charge < -0.3 is 4.90 Å². The molecule has 0 bridgehead atoms. The zero-order valence-corrected chi connectivity index (χ0v) is 15.1. The summed E-state index contributed by atoms with van der Waals surface area (Å²) in [6.45, 7) is 2.07. The Bertz CT molecular complexity index is 705. The number of hydrogen-bond acceptors (Lipinski definition) is 4. The molecule has 1 unspecified atom stereocenters. The summed E-state index contributed by atoms with van der Waals surface area (Å²) in [6.07, 6.45) is 6.98. The smallest absolute Gasteiger partial charge is 0.234 e. The van der Waals surface area contributed by atoms with Gasteiger partial charge in [-0.1, -0.05) is 12.1 Å². The lowest BCUT2D eigenvalue weighted by Crippen LogP contribution is -2.42. The molecule has 26 heavy (non-hydrogen) atoms. The molecule has 1 aliphatic carbocycles. The number of carbonyl (C=O) groups excluding carboxylic acids is 3. The molecule has 1 aromatic rings. The first-order valence-electron chi connectivity index (χ1n) is 9.75. The van der Waals surface area contributed by atoms with E-state index in [9.17, 15) is 14.4 Å². The lowest BCUT2D eigenvalue weighted by atomic mass is 9.68. The van der Waals surface area contributed by atoms with E-state index in [0.29, 0.717) is 24.0 Å². The van der Waals surface area contributed by atoms with Gasteiger partial charge in [-0.3, -0.25) is 19.7 Å². The predicted molar refractivity (Wildman–Crippen MR) is 98.9 cm³/mol. The molecule has 4 rings (SSSR count). The number of carbonyl (C=O) groups is 3. The van der Waals surface area contributed by atoms with Gasteiger partial charge in [0.2, 0.25) is 11.8 Å². The quantitative estimate of drug-likeness (QED) is 0.829. The van der Waals surface area contributed by atoms with Crippen LogP contribution in [-0.4, -0.2) is 30.7 Å². The Labute approximate surface area is 154 Å². The number of imide groups is 1. The van der Waals surface area contributed by atoms with Crippen LogP contribution in [0.1, 0.15) is 62.8 Å². The lowest BCUT2D eigenvalue weighted by molar-refractivity contribution is -0.134. The average Bonchev–Trinajstić information content (AvgIpc) is 2.65. The summed E-state index contributed by atoms with van der Waals surface area (Å²) in [5.74, 6) is -0.136. The second kappa shape index (κ2) is 6.86. The van der Waals surface area contributed by atoms with Gasteiger partial charge in [0.15, 0.2) is 0 Å². The fourth-order valence-electron chi connectivity index (χ4n) is 4.73. The number of ketones is 1. The van der Waals surface area contributed by atoms with Crippen molar-refractivity contribution < 1.29 is 14.4 Å². The highest BCUT2D eigenvalue weighted by atomic mass is 16.2. The van der Waals surface area contributed by atoms with E-state index in [4.69, 9.17) is 0 Å². The molecular formula is C21H26N2O3. The van der Waals surface area contributed by atoms with Crippen molar-refractivity contribution in [3.8, 4) is 0 Å². The Morgan fingerprint density at radius 1 is 0.885 bits per heavy atom. The number of nitrogens with zero attached hydrogens (tertiary/aromatic N) is 1. The van der Waals surface area contributed by atoms with Gasteiger partial charge >= 0.3 is 0 Å². The van der Waals surface area contributed by atoms with Crippen molar-refractivity contribution in [2.75, 3.05) is 18.0 Å². The van der Waals surface area contributed by atoms with E-state index in [-0.39, 0.29) is 17.7 Å². The van der Waals surface area contributed by atoms with Crippen LogP contribution in [0.4, 0.5) is 5.69 Å². The van der Waals surface area contributed by atoms with Crippen molar-refractivity contribution in [1.29, 1.82) is 0 Å². The summed E-state index contributed by atoms with van der Waals surface area (Å²) in [7, 11) is 0. The summed E-state index contributed by atoms with van der Waals surface area (Å²) < 4.78 is 0. The van der Waals surface area contributed by atoms with Gasteiger partial charge in [-0.2, -0.15) is 0 Å².